The van der Waals surface area contributed by atoms with Gasteiger partial charge in [-0.1, -0.05) is 31.5 Å². The second kappa shape index (κ2) is 7.70. The summed E-state index contributed by atoms with van der Waals surface area (Å²) >= 11 is 0. The van der Waals surface area contributed by atoms with Crippen molar-refractivity contribution in [1.29, 1.82) is 10.5 Å². The molecular weight excluding hydrogens is 222 g/mol. The van der Waals surface area contributed by atoms with Gasteiger partial charge in [-0.2, -0.15) is 10.5 Å². The van der Waals surface area contributed by atoms with Crippen molar-refractivity contribution in [3.8, 4) is 12.1 Å². The number of benzene rings is 1. The largest absolute Gasteiger partial charge is 0.360 e. The molecule has 0 atom stereocenters. The predicted molar refractivity (Wildman–Crippen MR) is 72.4 cm³/mol. The van der Waals surface area contributed by atoms with Crippen LogP contribution >= 0.6 is 0 Å². The smallest absolute Gasteiger partial charge is 0.101 e. The van der Waals surface area contributed by atoms with Crippen molar-refractivity contribution in [1.82, 2.24) is 0 Å². The normalized spacial score (nSPS) is 11.5. The molecule has 0 radical (unpaired) electrons. The lowest BCUT2D eigenvalue weighted by Crippen LogP contribution is -1.90. The monoisotopic (exact) mass is 237 g/mol. The van der Waals surface area contributed by atoms with Gasteiger partial charge in [-0.25, -0.2) is 0 Å². The van der Waals surface area contributed by atoms with Crippen molar-refractivity contribution in [3.63, 3.8) is 0 Å². The Kier molecular flexibility index (Phi) is 5.80. The van der Waals surface area contributed by atoms with E-state index in [0.29, 0.717) is 17.6 Å². The van der Waals surface area contributed by atoms with Crippen molar-refractivity contribution in [2.45, 2.75) is 19.8 Å². The van der Waals surface area contributed by atoms with Crippen LogP contribution in [0.25, 0.3) is 0 Å². The molecule has 1 aromatic carbocycles. The lowest BCUT2D eigenvalue weighted by Gasteiger charge is -2.00. The maximum Gasteiger partial charge on any atom is 0.101 e. The molecule has 0 fully saturated rings. The van der Waals surface area contributed by atoms with Crippen LogP contribution in [-0.4, -0.2) is 0 Å². The van der Waals surface area contributed by atoms with E-state index in [1.165, 1.54) is 0 Å². The summed E-state index contributed by atoms with van der Waals surface area (Å²) in [6, 6.07) is 13.7. The molecule has 3 heteroatoms. The molecule has 0 saturated heterocycles. The highest BCUT2D eigenvalue weighted by Crippen LogP contribution is 2.10. The third kappa shape index (κ3) is 4.55. The number of hydrogen-bond donors (Lipinski definition) is 1. The maximum atomic E-state index is 9.00. The van der Waals surface area contributed by atoms with Crippen LogP contribution in [0.15, 0.2) is 53.8 Å². The summed E-state index contributed by atoms with van der Waals surface area (Å²) in [5, 5.41) is 20.9. The third-order valence-corrected chi connectivity index (χ3v) is 2.29. The molecule has 3 nitrogen and oxygen atoms in total. The number of allylic oxidation sites excluding steroid dienone is 3. The minimum absolute atomic E-state index is 0.448. The van der Waals surface area contributed by atoms with E-state index in [1.807, 2.05) is 37.3 Å². The number of para-hydroxylation sites is 1. The summed E-state index contributed by atoms with van der Waals surface area (Å²) in [5.74, 6) is 0. The molecule has 0 aliphatic heterocycles. The Morgan fingerprint density at radius 3 is 2.50 bits per heavy atom. The molecule has 90 valence electrons. The second-order valence-corrected chi connectivity index (χ2v) is 3.75. The van der Waals surface area contributed by atoms with Crippen LogP contribution in [0.2, 0.25) is 0 Å². The van der Waals surface area contributed by atoms with Crippen LogP contribution in [-0.2, 0) is 0 Å². The van der Waals surface area contributed by atoms with Crippen molar-refractivity contribution in [2.24, 2.45) is 0 Å². The molecule has 1 aromatic rings. The standard InChI is InChI=1S/C15H15N3/c1-2-6-13(10-16)9-14(11-17)12-18-15-7-4-3-5-8-15/h3-5,7-9,12,18H,2,6H2,1H3/b13-9-,14-12-. The predicted octanol–water partition coefficient (Wildman–Crippen LogP) is 3.76. The van der Waals surface area contributed by atoms with Gasteiger partial charge in [0.2, 0.25) is 0 Å². The summed E-state index contributed by atoms with van der Waals surface area (Å²) in [7, 11) is 0. The number of nitrogens with zero attached hydrogens (tertiary/aromatic N) is 2. The molecule has 1 rings (SSSR count). The summed E-state index contributed by atoms with van der Waals surface area (Å²) in [6.45, 7) is 2.00. The number of nitrogens with one attached hydrogen (secondary N) is 1. The molecule has 18 heavy (non-hydrogen) atoms. The van der Waals surface area contributed by atoms with E-state index in [-0.39, 0.29) is 0 Å². The van der Waals surface area contributed by atoms with Crippen molar-refractivity contribution >= 4 is 5.69 Å². The SMILES string of the molecule is CCC/C(C#N)=C/C(C#N)=C/Nc1ccccc1. The highest BCUT2D eigenvalue weighted by molar-refractivity contribution is 5.49. The minimum atomic E-state index is 0.448. The fourth-order valence-electron chi connectivity index (χ4n) is 1.42. The van der Waals surface area contributed by atoms with Crippen molar-refractivity contribution in [2.75, 3.05) is 5.32 Å². The molecule has 0 unspecified atom stereocenters. The number of hydrogen-bond acceptors (Lipinski definition) is 3. The summed E-state index contributed by atoms with van der Waals surface area (Å²) in [6.07, 6.45) is 4.83. The quantitative estimate of drug-likeness (QED) is 0.626. The van der Waals surface area contributed by atoms with Crippen LogP contribution in [0.1, 0.15) is 19.8 Å². The zero-order valence-corrected chi connectivity index (χ0v) is 10.4. The van der Waals surface area contributed by atoms with Gasteiger partial charge in [0.25, 0.3) is 0 Å². The van der Waals surface area contributed by atoms with Gasteiger partial charge >= 0.3 is 0 Å². The first-order valence-electron chi connectivity index (χ1n) is 5.82. The van der Waals surface area contributed by atoms with Crippen LogP contribution in [0.5, 0.6) is 0 Å². The van der Waals surface area contributed by atoms with Crippen molar-refractivity contribution < 1.29 is 0 Å². The highest BCUT2D eigenvalue weighted by Gasteiger charge is 1.97. The van der Waals surface area contributed by atoms with E-state index >= 15 is 0 Å². The van der Waals surface area contributed by atoms with Crippen LogP contribution in [0.4, 0.5) is 5.69 Å². The fourth-order valence-corrected chi connectivity index (χ4v) is 1.42. The first kappa shape index (κ1) is 13.5. The highest BCUT2D eigenvalue weighted by atomic mass is 14.8. The third-order valence-electron chi connectivity index (χ3n) is 2.29. The number of anilines is 1. The summed E-state index contributed by atoms with van der Waals surface area (Å²) in [5.41, 5.74) is 1.98. The molecule has 0 heterocycles. The fraction of sp³-hybridized carbons (Fsp3) is 0.200. The van der Waals surface area contributed by atoms with E-state index in [1.54, 1.807) is 12.3 Å². The van der Waals surface area contributed by atoms with E-state index in [2.05, 4.69) is 17.5 Å². The van der Waals surface area contributed by atoms with E-state index in [9.17, 15) is 0 Å². The van der Waals surface area contributed by atoms with Crippen LogP contribution in [0.3, 0.4) is 0 Å². The molecule has 0 amide bonds. The van der Waals surface area contributed by atoms with Gasteiger partial charge in [0.1, 0.15) is 6.07 Å². The first-order valence-corrected chi connectivity index (χ1v) is 5.82. The zero-order chi connectivity index (χ0) is 13.2. The zero-order valence-electron chi connectivity index (χ0n) is 10.4. The molecule has 0 bridgehead atoms. The molecule has 0 aromatic heterocycles. The Balaban J connectivity index is 2.79. The van der Waals surface area contributed by atoms with Gasteiger partial charge < -0.3 is 5.32 Å². The van der Waals surface area contributed by atoms with Gasteiger partial charge in [0.05, 0.1) is 11.6 Å². The lowest BCUT2D eigenvalue weighted by atomic mass is 10.1. The average molecular weight is 237 g/mol. The Hall–Kier alpha value is -2.52. The average Bonchev–Trinajstić information content (AvgIpc) is 2.43. The van der Waals surface area contributed by atoms with Crippen LogP contribution in [0, 0.1) is 22.7 Å². The molecule has 0 aliphatic rings. The van der Waals surface area contributed by atoms with Gasteiger partial charge in [-0.05, 0) is 24.6 Å². The molecular formula is C15H15N3. The molecule has 0 saturated carbocycles. The van der Waals surface area contributed by atoms with Gasteiger partial charge in [-0.15, -0.1) is 0 Å². The first-order chi connectivity index (χ1) is 8.80. The maximum absolute atomic E-state index is 9.00. The Bertz CT molecular complexity index is 513. The second-order valence-electron chi connectivity index (χ2n) is 3.75. The summed E-state index contributed by atoms with van der Waals surface area (Å²) in [4.78, 5) is 0. The van der Waals surface area contributed by atoms with Crippen LogP contribution < -0.4 is 5.32 Å². The van der Waals surface area contributed by atoms with E-state index < -0.39 is 0 Å². The molecule has 0 spiro atoms. The number of nitriles is 2. The molecule has 1 N–H and O–H groups in total. The van der Waals surface area contributed by atoms with Gasteiger partial charge in [0, 0.05) is 17.5 Å². The van der Waals surface area contributed by atoms with E-state index in [0.717, 1.165) is 12.1 Å². The van der Waals surface area contributed by atoms with Crippen molar-refractivity contribution in [3.05, 3.63) is 53.8 Å². The Morgan fingerprint density at radius 1 is 1.22 bits per heavy atom. The Labute approximate surface area is 108 Å². The lowest BCUT2D eigenvalue weighted by molar-refractivity contribution is 0.928. The van der Waals surface area contributed by atoms with Gasteiger partial charge in [-0.3, -0.25) is 0 Å². The number of rotatable bonds is 5. The molecule has 0 aliphatic carbocycles. The summed E-state index contributed by atoms with van der Waals surface area (Å²) < 4.78 is 0. The Morgan fingerprint density at radius 2 is 1.94 bits per heavy atom. The van der Waals surface area contributed by atoms with E-state index in [4.69, 9.17) is 10.5 Å². The minimum Gasteiger partial charge on any atom is -0.360 e. The van der Waals surface area contributed by atoms with Gasteiger partial charge in [0.15, 0.2) is 0 Å². The topological polar surface area (TPSA) is 59.6 Å².